The Morgan fingerprint density at radius 2 is 1.76 bits per heavy atom. The number of likely N-dealkylation sites (tertiary alicyclic amines) is 1. The van der Waals surface area contributed by atoms with E-state index >= 15 is 0 Å². The van der Waals surface area contributed by atoms with Crippen LogP contribution in [0.1, 0.15) is 64.9 Å². The van der Waals surface area contributed by atoms with Crippen molar-refractivity contribution >= 4 is 17.7 Å². The molecule has 3 fully saturated rings. The topological polar surface area (TPSA) is 90.4 Å². The van der Waals surface area contributed by atoms with E-state index in [-0.39, 0.29) is 30.2 Å². The lowest BCUT2D eigenvalue weighted by Gasteiger charge is -2.39. The van der Waals surface area contributed by atoms with E-state index in [0.717, 1.165) is 24.8 Å². The van der Waals surface area contributed by atoms with Gasteiger partial charge in [-0.3, -0.25) is 14.4 Å². The van der Waals surface area contributed by atoms with E-state index in [2.05, 4.69) is 27.0 Å². The Hall–Kier alpha value is -2.97. The summed E-state index contributed by atoms with van der Waals surface area (Å²) >= 11 is 0. The van der Waals surface area contributed by atoms with Gasteiger partial charge >= 0.3 is 0 Å². The number of ether oxygens (including phenoxy) is 1. The van der Waals surface area contributed by atoms with Crippen LogP contribution in [0.3, 0.4) is 0 Å². The first-order chi connectivity index (χ1) is 20.2. The molecule has 8 nitrogen and oxygen atoms in total. The van der Waals surface area contributed by atoms with Gasteiger partial charge in [0.2, 0.25) is 17.7 Å². The van der Waals surface area contributed by atoms with Gasteiger partial charge in [-0.1, -0.05) is 69.2 Å². The Bertz CT molecular complexity index is 1140. The van der Waals surface area contributed by atoms with Crippen LogP contribution >= 0.6 is 0 Å². The van der Waals surface area contributed by atoms with Gasteiger partial charge in [-0.25, -0.2) is 0 Å². The van der Waals surface area contributed by atoms with E-state index in [1.807, 2.05) is 37.3 Å². The molecule has 230 valence electrons. The Labute approximate surface area is 251 Å². The summed E-state index contributed by atoms with van der Waals surface area (Å²) in [7, 11) is 0. The monoisotopic (exact) mass is 579 g/mol. The average Bonchev–Trinajstić information content (AvgIpc) is 3.49. The quantitative estimate of drug-likeness (QED) is 0.234. The highest BCUT2D eigenvalue weighted by atomic mass is 16.5. The van der Waals surface area contributed by atoms with Gasteiger partial charge in [0.25, 0.3) is 0 Å². The van der Waals surface area contributed by atoms with Crippen LogP contribution in [0.5, 0.6) is 0 Å². The molecule has 3 amide bonds. The number of benzene rings is 1. The van der Waals surface area contributed by atoms with Gasteiger partial charge in [0.05, 0.1) is 17.4 Å². The van der Waals surface area contributed by atoms with Crippen LogP contribution < -0.4 is 0 Å². The highest BCUT2D eigenvalue weighted by Gasteiger charge is 2.80. The zero-order chi connectivity index (χ0) is 30.5. The Morgan fingerprint density at radius 3 is 2.40 bits per heavy atom. The molecule has 2 bridgehead atoms. The lowest BCUT2D eigenvalue weighted by molar-refractivity contribution is -0.155. The van der Waals surface area contributed by atoms with Crippen LogP contribution in [-0.2, 0) is 25.7 Å². The number of carbonyl (C=O) groups is 3. The van der Waals surface area contributed by atoms with E-state index in [0.29, 0.717) is 52.0 Å². The molecule has 1 N–H and O–H groups in total. The fraction of sp³-hybridized carbons (Fsp3) is 0.618. The largest absolute Gasteiger partial charge is 0.396 e. The van der Waals surface area contributed by atoms with Gasteiger partial charge < -0.3 is 24.5 Å². The number of aliphatic hydroxyl groups is 1. The molecule has 1 spiro atoms. The van der Waals surface area contributed by atoms with Gasteiger partial charge in [-0.05, 0) is 44.1 Å². The first-order valence-electron chi connectivity index (χ1n) is 15.6. The van der Waals surface area contributed by atoms with Crippen LogP contribution in [0.25, 0.3) is 0 Å². The maximum Gasteiger partial charge on any atom is 0.248 e. The van der Waals surface area contributed by atoms with Gasteiger partial charge in [-0.2, -0.15) is 0 Å². The van der Waals surface area contributed by atoms with Crippen LogP contribution in [0.4, 0.5) is 0 Å². The number of carbonyl (C=O) groups excluding carboxylic acids is 3. The molecule has 3 saturated heterocycles. The highest BCUT2D eigenvalue weighted by molar-refractivity contribution is 5.99. The highest BCUT2D eigenvalue weighted by Crippen LogP contribution is 2.65. The molecule has 8 heteroatoms. The van der Waals surface area contributed by atoms with Gasteiger partial charge in [-0.15, -0.1) is 13.2 Å². The standard InChI is InChI=1S/C34H49N3O5/c1-6-9-13-20-35(18-7-2)32(41)29-34-23-25(4)33(5,42-34)27(28(34)31(40)37(29)21-14-15-22-38)30(39)36(19-8-3)24-26-16-11-10-12-17-26/h7-8,10-12,16-17,25,27-29,38H,2-3,6,9,13-15,18-24H2,1,4-5H3/t25?,27-,28-,29?,33+,34?/m0/s1. The van der Waals surface area contributed by atoms with Gasteiger partial charge in [0.15, 0.2) is 0 Å². The van der Waals surface area contributed by atoms with E-state index in [9.17, 15) is 19.5 Å². The van der Waals surface area contributed by atoms with Crippen LogP contribution in [0.2, 0.25) is 0 Å². The number of aliphatic hydroxyl groups excluding tert-OH is 1. The molecule has 0 aliphatic carbocycles. The van der Waals surface area contributed by atoms with Crippen LogP contribution in [-0.4, -0.2) is 87.6 Å². The normalized spacial score (nSPS) is 29.4. The second kappa shape index (κ2) is 13.6. The summed E-state index contributed by atoms with van der Waals surface area (Å²) in [4.78, 5) is 48.6. The molecule has 3 heterocycles. The first-order valence-corrected chi connectivity index (χ1v) is 15.6. The zero-order valence-electron chi connectivity index (χ0n) is 25.7. The lowest BCUT2D eigenvalue weighted by atomic mass is 9.62. The Kier molecular flexibility index (Phi) is 10.3. The molecule has 1 aromatic rings. The number of hydrogen-bond donors (Lipinski definition) is 1. The predicted octanol–water partition coefficient (Wildman–Crippen LogP) is 4.19. The number of nitrogens with zero attached hydrogens (tertiary/aromatic N) is 3. The third-order valence-corrected chi connectivity index (χ3v) is 9.69. The number of unbranched alkanes of at least 4 members (excludes halogenated alkanes) is 3. The van der Waals surface area contributed by atoms with Crippen molar-refractivity contribution in [1.82, 2.24) is 14.7 Å². The van der Waals surface area contributed by atoms with E-state index in [4.69, 9.17) is 4.74 Å². The van der Waals surface area contributed by atoms with E-state index < -0.39 is 29.1 Å². The average molecular weight is 580 g/mol. The third-order valence-electron chi connectivity index (χ3n) is 9.69. The van der Waals surface area contributed by atoms with Crippen molar-refractivity contribution in [2.45, 2.75) is 83.1 Å². The summed E-state index contributed by atoms with van der Waals surface area (Å²) in [6, 6.07) is 8.98. The first kappa shape index (κ1) is 32.0. The molecule has 6 atom stereocenters. The van der Waals surface area contributed by atoms with Crippen LogP contribution in [0.15, 0.2) is 55.6 Å². The molecular weight excluding hydrogens is 530 g/mol. The molecule has 1 aromatic carbocycles. The smallest absolute Gasteiger partial charge is 0.248 e. The number of amides is 3. The SMILES string of the molecule is C=CCN(CCCCC)C(=O)C1N(CCCCO)C(=O)[C@@H]2[C@@H](C(=O)N(CC=C)Cc3ccccc3)[C@]3(C)OC12CC3C. The van der Waals surface area contributed by atoms with E-state index in [1.165, 1.54) is 0 Å². The fourth-order valence-corrected chi connectivity index (χ4v) is 7.59. The maximum absolute atomic E-state index is 14.5. The summed E-state index contributed by atoms with van der Waals surface area (Å²) in [5, 5.41) is 9.47. The van der Waals surface area contributed by atoms with Crippen molar-refractivity contribution in [1.29, 1.82) is 0 Å². The second-order valence-electron chi connectivity index (χ2n) is 12.4. The maximum atomic E-state index is 14.5. The summed E-state index contributed by atoms with van der Waals surface area (Å²) in [6.07, 6.45) is 7.96. The van der Waals surface area contributed by atoms with Crippen molar-refractivity contribution in [3.63, 3.8) is 0 Å². The Balaban J connectivity index is 1.74. The lowest BCUT2D eigenvalue weighted by Crippen LogP contribution is -2.57. The minimum Gasteiger partial charge on any atom is -0.396 e. The summed E-state index contributed by atoms with van der Waals surface area (Å²) < 4.78 is 6.93. The number of fused-ring (bicyclic) bond motifs is 1. The van der Waals surface area contributed by atoms with E-state index in [1.54, 1.807) is 26.9 Å². The second-order valence-corrected chi connectivity index (χ2v) is 12.4. The molecular formula is C34H49N3O5. The zero-order valence-corrected chi connectivity index (χ0v) is 25.7. The Morgan fingerprint density at radius 1 is 1.07 bits per heavy atom. The summed E-state index contributed by atoms with van der Waals surface area (Å²) in [6.45, 7) is 16.0. The van der Waals surface area contributed by atoms with Crippen molar-refractivity contribution in [2.75, 3.05) is 32.8 Å². The molecule has 0 aromatic heterocycles. The summed E-state index contributed by atoms with van der Waals surface area (Å²) in [5.74, 6) is -1.96. The molecule has 42 heavy (non-hydrogen) atoms. The fourth-order valence-electron chi connectivity index (χ4n) is 7.59. The number of hydrogen-bond acceptors (Lipinski definition) is 5. The number of rotatable bonds is 16. The van der Waals surface area contributed by atoms with Crippen LogP contribution in [0, 0.1) is 17.8 Å². The molecule has 3 aliphatic rings. The van der Waals surface area contributed by atoms with Crippen molar-refractivity contribution in [3.05, 3.63) is 61.2 Å². The summed E-state index contributed by atoms with van der Waals surface area (Å²) in [5.41, 5.74) is -0.971. The van der Waals surface area contributed by atoms with Gasteiger partial charge in [0.1, 0.15) is 11.6 Å². The molecule has 4 rings (SSSR count). The van der Waals surface area contributed by atoms with Crippen molar-refractivity contribution in [3.8, 4) is 0 Å². The third kappa shape index (κ3) is 5.68. The van der Waals surface area contributed by atoms with Gasteiger partial charge in [0, 0.05) is 39.3 Å². The minimum absolute atomic E-state index is 0.0114. The molecule has 3 unspecified atom stereocenters. The minimum atomic E-state index is -1.08. The van der Waals surface area contributed by atoms with Crippen molar-refractivity contribution < 1.29 is 24.2 Å². The molecule has 3 aliphatic heterocycles. The molecule has 0 radical (unpaired) electrons. The molecule has 0 saturated carbocycles. The predicted molar refractivity (Wildman–Crippen MR) is 163 cm³/mol. The van der Waals surface area contributed by atoms with Crippen molar-refractivity contribution in [2.24, 2.45) is 17.8 Å².